The molecular weight excluding hydrogens is 289 g/mol. The van der Waals surface area contributed by atoms with Gasteiger partial charge < -0.3 is 9.72 Å². The maximum Gasteiger partial charge on any atom is 0.147 e. The normalized spacial score (nSPS) is 20.6. The summed E-state index contributed by atoms with van der Waals surface area (Å²) < 4.78 is 20.0. The number of fused-ring (bicyclic) bond motifs is 1. The van der Waals surface area contributed by atoms with E-state index in [1.165, 1.54) is 11.1 Å². The van der Waals surface area contributed by atoms with Crippen molar-refractivity contribution in [3.63, 3.8) is 0 Å². The van der Waals surface area contributed by atoms with Crippen molar-refractivity contribution >= 4 is 10.9 Å². The summed E-state index contributed by atoms with van der Waals surface area (Å²) in [5.41, 5.74) is 4.16. The summed E-state index contributed by atoms with van der Waals surface area (Å²) in [7, 11) is 0. The van der Waals surface area contributed by atoms with Crippen LogP contribution in [0.3, 0.4) is 0 Å². The van der Waals surface area contributed by atoms with E-state index in [9.17, 15) is 4.39 Å². The number of ether oxygens (including phenoxy) is 1. The van der Waals surface area contributed by atoms with Crippen LogP contribution in [0.5, 0.6) is 0 Å². The van der Waals surface area contributed by atoms with Crippen LogP contribution in [-0.4, -0.2) is 11.1 Å². The number of rotatable bonds is 4. The van der Waals surface area contributed by atoms with Gasteiger partial charge in [0.05, 0.1) is 18.2 Å². The largest absolute Gasteiger partial charge is 0.373 e. The number of aromatic nitrogens is 1. The maximum absolute atomic E-state index is 14.0. The summed E-state index contributed by atoms with van der Waals surface area (Å²) in [5, 5.41) is 1.02. The highest BCUT2D eigenvalue weighted by Crippen LogP contribution is 2.43. The highest BCUT2D eigenvalue weighted by Gasteiger charge is 2.33. The molecule has 3 aromatic rings. The molecule has 1 aromatic heterocycles. The van der Waals surface area contributed by atoms with Gasteiger partial charge in [-0.05, 0) is 54.5 Å². The molecule has 0 bridgehead atoms. The minimum atomic E-state index is -0.164. The molecule has 4 rings (SSSR count). The van der Waals surface area contributed by atoms with Crippen LogP contribution in [0, 0.1) is 12.7 Å². The average Bonchev–Trinajstić information content (AvgIpc) is 2.99. The zero-order valence-corrected chi connectivity index (χ0v) is 13.2. The van der Waals surface area contributed by atoms with Gasteiger partial charge in [-0.1, -0.05) is 30.3 Å². The summed E-state index contributed by atoms with van der Waals surface area (Å²) >= 11 is 0. The molecule has 23 heavy (non-hydrogen) atoms. The lowest BCUT2D eigenvalue weighted by atomic mass is 9.75. The van der Waals surface area contributed by atoms with Gasteiger partial charge in [-0.15, -0.1) is 0 Å². The molecule has 1 aliphatic rings. The van der Waals surface area contributed by atoms with Crippen LogP contribution in [-0.2, 0) is 11.3 Å². The first kappa shape index (κ1) is 14.5. The zero-order chi connectivity index (χ0) is 15.8. The zero-order valence-electron chi connectivity index (χ0n) is 13.2. The van der Waals surface area contributed by atoms with Crippen LogP contribution in [0.4, 0.5) is 4.39 Å². The van der Waals surface area contributed by atoms with Gasteiger partial charge in [0.2, 0.25) is 0 Å². The summed E-state index contributed by atoms with van der Waals surface area (Å²) in [6.07, 6.45) is 4.15. The number of benzene rings is 2. The maximum atomic E-state index is 14.0. The molecule has 118 valence electrons. The molecule has 0 spiro atoms. The Labute approximate surface area is 135 Å². The first-order valence-corrected chi connectivity index (χ1v) is 8.14. The van der Waals surface area contributed by atoms with E-state index in [0.29, 0.717) is 24.1 Å². The van der Waals surface area contributed by atoms with Crippen LogP contribution >= 0.6 is 0 Å². The Kier molecular flexibility index (Phi) is 3.66. The number of aromatic amines is 1. The monoisotopic (exact) mass is 309 g/mol. The van der Waals surface area contributed by atoms with Crippen LogP contribution in [0.15, 0.2) is 48.7 Å². The second kappa shape index (κ2) is 5.82. The van der Waals surface area contributed by atoms with Gasteiger partial charge in [-0.2, -0.15) is 0 Å². The van der Waals surface area contributed by atoms with Crippen molar-refractivity contribution in [2.75, 3.05) is 0 Å². The minimum absolute atomic E-state index is 0.164. The van der Waals surface area contributed by atoms with Gasteiger partial charge in [0.15, 0.2) is 0 Å². The molecule has 2 aromatic carbocycles. The highest BCUT2D eigenvalue weighted by molar-refractivity contribution is 5.85. The number of aryl methyl sites for hydroxylation is 1. The molecule has 1 heterocycles. The van der Waals surface area contributed by atoms with Crippen molar-refractivity contribution in [1.29, 1.82) is 0 Å². The number of H-pyrrole nitrogens is 1. The number of hydrogen-bond donors (Lipinski definition) is 1. The predicted octanol–water partition coefficient (Wildman–Crippen LogP) is 5.08. The lowest BCUT2D eigenvalue weighted by molar-refractivity contribution is -0.0205. The number of halogens is 1. The van der Waals surface area contributed by atoms with E-state index in [4.69, 9.17) is 4.74 Å². The van der Waals surface area contributed by atoms with Crippen LogP contribution < -0.4 is 0 Å². The molecule has 0 amide bonds. The Balaban J connectivity index is 1.45. The van der Waals surface area contributed by atoms with Crippen molar-refractivity contribution < 1.29 is 9.13 Å². The molecule has 0 aliphatic heterocycles. The number of nitrogens with one attached hydrogen (secondary N) is 1. The Morgan fingerprint density at radius 1 is 1.17 bits per heavy atom. The molecule has 1 fully saturated rings. The molecule has 0 unspecified atom stereocenters. The summed E-state index contributed by atoms with van der Waals surface area (Å²) in [6, 6.07) is 13.9. The Hall–Kier alpha value is -2.13. The molecule has 0 radical (unpaired) electrons. The third-order valence-electron chi connectivity index (χ3n) is 4.88. The second-order valence-electron chi connectivity index (χ2n) is 6.44. The molecule has 0 atom stereocenters. The Bertz CT molecular complexity index is 818. The SMILES string of the molecule is Cc1cc(F)c2[nH]ccc2c1C1CC(OCc2ccccc2)C1. The van der Waals surface area contributed by atoms with Gasteiger partial charge in [-0.3, -0.25) is 0 Å². The van der Waals surface area contributed by atoms with E-state index >= 15 is 0 Å². The van der Waals surface area contributed by atoms with Gasteiger partial charge in [0.25, 0.3) is 0 Å². The quantitative estimate of drug-likeness (QED) is 0.714. The van der Waals surface area contributed by atoms with Gasteiger partial charge in [0.1, 0.15) is 5.82 Å². The third-order valence-corrected chi connectivity index (χ3v) is 4.88. The predicted molar refractivity (Wildman–Crippen MR) is 90.0 cm³/mol. The van der Waals surface area contributed by atoms with Crippen molar-refractivity contribution in [2.24, 2.45) is 0 Å². The van der Waals surface area contributed by atoms with E-state index in [0.717, 1.165) is 23.8 Å². The van der Waals surface area contributed by atoms with Gasteiger partial charge in [-0.25, -0.2) is 4.39 Å². The lowest BCUT2D eigenvalue weighted by Gasteiger charge is -2.36. The van der Waals surface area contributed by atoms with Crippen LogP contribution in [0.1, 0.15) is 35.4 Å². The summed E-state index contributed by atoms with van der Waals surface area (Å²) in [6.45, 7) is 2.67. The third kappa shape index (κ3) is 2.66. The van der Waals surface area contributed by atoms with Crippen molar-refractivity contribution in [2.45, 2.75) is 38.4 Å². The molecule has 0 saturated heterocycles. The van der Waals surface area contributed by atoms with Crippen molar-refractivity contribution in [3.8, 4) is 0 Å². The molecule has 3 heteroatoms. The fourth-order valence-corrected chi connectivity index (χ4v) is 3.61. The van der Waals surface area contributed by atoms with Crippen molar-refractivity contribution in [3.05, 3.63) is 71.2 Å². The van der Waals surface area contributed by atoms with E-state index in [2.05, 4.69) is 17.1 Å². The Morgan fingerprint density at radius 2 is 1.96 bits per heavy atom. The van der Waals surface area contributed by atoms with E-state index < -0.39 is 0 Å². The smallest absolute Gasteiger partial charge is 0.147 e. The van der Waals surface area contributed by atoms with E-state index in [1.54, 1.807) is 6.07 Å². The molecule has 1 N–H and O–H groups in total. The van der Waals surface area contributed by atoms with Gasteiger partial charge in [0, 0.05) is 11.6 Å². The Morgan fingerprint density at radius 3 is 2.74 bits per heavy atom. The van der Waals surface area contributed by atoms with E-state index in [-0.39, 0.29) is 5.82 Å². The second-order valence-corrected chi connectivity index (χ2v) is 6.44. The first-order valence-electron chi connectivity index (χ1n) is 8.14. The lowest BCUT2D eigenvalue weighted by Crippen LogP contribution is -2.30. The van der Waals surface area contributed by atoms with Crippen LogP contribution in [0.25, 0.3) is 10.9 Å². The topological polar surface area (TPSA) is 25.0 Å². The van der Waals surface area contributed by atoms with Crippen molar-refractivity contribution in [1.82, 2.24) is 4.98 Å². The van der Waals surface area contributed by atoms with Crippen LogP contribution in [0.2, 0.25) is 0 Å². The minimum Gasteiger partial charge on any atom is -0.373 e. The first-order chi connectivity index (χ1) is 11.2. The summed E-state index contributed by atoms with van der Waals surface area (Å²) in [5.74, 6) is 0.303. The molecule has 1 aliphatic carbocycles. The molecule has 2 nitrogen and oxygen atoms in total. The highest BCUT2D eigenvalue weighted by atomic mass is 19.1. The molecule has 1 saturated carbocycles. The fraction of sp³-hybridized carbons (Fsp3) is 0.300. The number of hydrogen-bond acceptors (Lipinski definition) is 1. The van der Waals surface area contributed by atoms with E-state index in [1.807, 2.05) is 37.4 Å². The molecular formula is C20H20FNO. The van der Waals surface area contributed by atoms with Gasteiger partial charge >= 0.3 is 0 Å². The standard InChI is InChI=1S/C20H20FNO/c1-13-9-18(21)20-17(7-8-22-20)19(13)15-10-16(11-15)23-12-14-5-3-2-4-6-14/h2-9,15-16,22H,10-12H2,1H3. The fourth-order valence-electron chi connectivity index (χ4n) is 3.61. The average molecular weight is 309 g/mol. The summed E-state index contributed by atoms with van der Waals surface area (Å²) in [4.78, 5) is 3.01.